The zero-order valence-electron chi connectivity index (χ0n) is 18.2. The maximum atomic E-state index is 10.0. The van der Waals surface area contributed by atoms with Crippen LogP contribution in [0.4, 0.5) is 0 Å². The maximum absolute atomic E-state index is 10.0. The van der Waals surface area contributed by atoms with E-state index < -0.39 is 0 Å². The lowest BCUT2D eigenvalue weighted by Crippen LogP contribution is -2.25. The van der Waals surface area contributed by atoms with Crippen LogP contribution in [0.2, 0.25) is 0 Å². The normalized spacial score (nSPS) is 17.9. The molecule has 2 fully saturated rings. The van der Waals surface area contributed by atoms with E-state index >= 15 is 0 Å². The third-order valence-corrected chi connectivity index (χ3v) is 6.12. The zero-order chi connectivity index (χ0) is 21.3. The Balaban J connectivity index is 0.000000269. The van der Waals surface area contributed by atoms with E-state index in [0.717, 1.165) is 71.0 Å². The van der Waals surface area contributed by atoms with Crippen LogP contribution in [0, 0.1) is 0 Å². The van der Waals surface area contributed by atoms with Gasteiger partial charge in [0.25, 0.3) is 0 Å². The monoisotopic (exact) mass is 410 g/mol. The molecule has 0 aliphatic heterocycles. The molecular formula is C26H38N2O2. The molecule has 0 saturated heterocycles. The van der Waals surface area contributed by atoms with Gasteiger partial charge >= 0.3 is 0 Å². The largest absolute Gasteiger partial charge is 0.390 e. The first kappa shape index (κ1) is 23.0. The van der Waals surface area contributed by atoms with Crippen LogP contribution in [0.3, 0.4) is 0 Å². The van der Waals surface area contributed by atoms with Gasteiger partial charge in [-0.1, -0.05) is 60.7 Å². The quantitative estimate of drug-likeness (QED) is 0.518. The fourth-order valence-corrected chi connectivity index (χ4v) is 3.75. The SMILES string of the molecule is NCCCC1(O)CC1.OC1(CCCN(Cc2ccccc2)Cc2ccccc2)CC1. The average Bonchev–Trinajstić information content (AvgIpc) is 3.68. The molecule has 30 heavy (non-hydrogen) atoms. The van der Waals surface area contributed by atoms with E-state index in [1.165, 1.54) is 11.1 Å². The molecule has 0 heterocycles. The summed E-state index contributed by atoms with van der Waals surface area (Å²) in [6.45, 7) is 3.68. The number of aliphatic hydroxyl groups is 2. The smallest absolute Gasteiger partial charge is 0.0650 e. The minimum Gasteiger partial charge on any atom is -0.390 e. The number of nitrogens with zero attached hydrogens (tertiary/aromatic N) is 1. The van der Waals surface area contributed by atoms with E-state index in [9.17, 15) is 10.2 Å². The van der Waals surface area contributed by atoms with Gasteiger partial charge in [0.2, 0.25) is 0 Å². The molecule has 4 rings (SSSR count). The Morgan fingerprint density at radius 2 is 1.13 bits per heavy atom. The van der Waals surface area contributed by atoms with E-state index in [1.54, 1.807) is 0 Å². The van der Waals surface area contributed by atoms with Gasteiger partial charge in [-0.05, 0) is 75.6 Å². The maximum Gasteiger partial charge on any atom is 0.0650 e. The summed E-state index contributed by atoms with van der Waals surface area (Å²) < 4.78 is 0. The summed E-state index contributed by atoms with van der Waals surface area (Å²) in [6.07, 6.45) is 7.85. The second-order valence-corrected chi connectivity index (χ2v) is 9.13. The van der Waals surface area contributed by atoms with Gasteiger partial charge in [0.05, 0.1) is 11.2 Å². The molecule has 164 valence electrons. The topological polar surface area (TPSA) is 69.7 Å². The summed E-state index contributed by atoms with van der Waals surface area (Å²) in [7, 11) is 0. The van der Waals surface area contributed by atoms with Gasteiger partial charge in [0.1, 0.15) is 0 Å². The standard InChI is InChI=1S/C20H25NO.C6H13NO/c22-20(13-14-20)12-7-15-21(16-18-8-3-1-4-9-18)17-19-10-5-2-6-11-19;7-5-1-2-6(8)3-4-6/h1-6,8-11,22H,7,12-17H2;8H,1-5,7H2. The first-order valence-corrected chi connectivity index (χ1v) is 11.5. The molecule has 2 aromatic rings. The third-order valence-electron chi connectivity index (χ3n) is 6.12. The molecule has 4 heteroatoms. The second-order valence-electron chi connectivity index (χ2n) is 9.13. The molecule has 0 atom stereocenters. The Labute approximate surface area is 181 Å². The summed E-state index contributed by atoms with van der Waals surface area (Å²) >= 11 is 0. The van der Waals surface area contributed by atoms with Gasteiger partial charge in [-0.15, -0.1) is 0 Å². The lowest BCUT2D eigenvalue weighted by Gasteiger charge is -2.23. The van der Waals surface area contributed by atoms with Crippen LogP contribution in [0.1, 0.15) is 62.5 Å². The summed E-state index contributed by atoms with van der Waals surface area (Å²) in [6, 6.07) is 21.3. The van der Waals surface area contributed by atoms with Crippen molar-refractivity contribution in [3.8, 4) is 0 Å². The number of hydrogen-bond acceptors (Lipinski definition) is 4. The molecule has 0 radical (unpaired) electrons. The summed E-state index contributed by atoms with van der Waals surface area (Å²) in [5.41, 5.74) is 7.35. The zero-order valence-corrected chi connectivity index (χ0v) is 18.2. The van der Waals surface area contributed by atoms with E-state index in [2.05, 4.69) is 65.6 Å². The van der Waals surface area contributed by atoms with Crippen molar-refractivity contribution < 1.29 is 10.2 Å². The first-order valence-electron chi connectivity index (χ1n) is 11.5. The van der Waals surface area contributed by atoms with Crippen molar-refractivity contribution in [2.75, 3.05) is 13.1 Å². The average molecular weight is 411 g/mol. The Morgan fingerprint density at radius 3 is 1.53 bits per heavy atom. The van der Waals surface area contributed by atoms with Crippen molar-refractivity contribution in [3.63, 3.8) is 0 Å². The number of nitrogens with two attached hydrogens (primary N) is 1. The molecule has 4 nitrogen and oxygen atoms in total. The molecule has 4 N–H and O–H groups in total. The predicted molar refractivity (Wildman–Crippen MR) is 123 cm³/mol. The minimum atomic E-state index is -0.328. The summed E-state index contributed by atoms with van der Waals surface area (Å²) in [4.78, 5) is 2.48. The molecule has 0 bridgehead atoms. The van der Waals surface area contributed by atoms with Gasteiger partial charge in [0, 0.05) is 13.1 Å². The number of benzene rings is 2. The van der Waals surface area contributed by atoms with Gasteiger partial charge in [0.15, 0.2) is 0 Å². The highest BCUT2D eigenvalue weighted by Gasteiger charge is 2.39. The molecule has 0 aromatic heterocycles. The lowest BCUT2D eigenvalue weighted by atomic mass is 10.1. The molecule has 2 aliphatic rings. The van der Waals surface area contributed by atoms with Crippen LogP contribution >= 0.6 is 0 Å². The van der Waals surface area contributed by atoms with Gasteiger partial charge < -0.3 is 15.9 Å². The van der Waals surface area contributed by atoms with Crippen LogP contribution in [0.15, 0.2) is 60.7 Å². The van der Waals surface area contributed by atoms with Crippen molar-refractivity contribution in [1.29, 1.82) is 0 Å². The second kappa shape index (κ2) is 11.1. The van der Waals surface area contributed by atoms with Crippen LogP contribution in [-0.4, -0.2) is 39.4 Å². The Bertz CT molecular complexity index is 686. The van der Waals surface area contributed by atoms with Crippen LogP contribution < -0.4 is 5.73 Å². The lowest BCUT2D eigenvalue weighted by molar-refractivity contribution is 0.128. The first-order chi connectivity index (χ1) is 14.5. The summed E-state index contributed by atoms with van der Waals surface area (Å²) in [5.74, 6) is 0. The highest BCUT2D eigenvalue weighted by Crippen LogP contribution is 2.39. The van der Waals surface area contributed by atoms with Crippen LogP contribution in [-0.2, 0) is 13.1 Å². The molecule has 0 amide bonds. The highest BCUT2D eigenvalue weighted by atomic mass is 16.3. The minimum absolute atomic E-state index is 0.278. The number of rotatable bonds is 11. The van der Waals surface area contributed by atoms with Crippen molar-refractivity contribution in [2.45, 2.75) is 75.7 Å². The van der Waals surface area contributed by atoms with E-state index in [-0.39, 0.29) is 11.2 Å². The summed E-state index contributed by atoms with van der Waals surface area (Å²) in [5, 5.41) is 19.2. The van der Waals surface area contributed by atoms with E-state index in [0.29, 0.717) is 6.54 Å². The van der Waals surface area contributed by atoms with Gasteiger partial charge in [-0.25, -0.2) is 0 Å². The van der Waals surface area contributed by atoms with Crippen molar-refractivity contribution >= 4 is 0 Å². The fourth-order valence-electron chi connectivity index (χ4n) is 3.75. The molecule has 0 spiro atoms. The van der Waals surface area contributed by atoms with E-state index in [4.69, 9.17) is 5.73 Å². The predicted octanol–water partition coefficient (Wildman–Crippen LogP) is 4.24. The van der Waals surface area contributed by atoms with E-state index in [1.807, 2.05) is 0 Å². The fraction of sp³-hybridized carbons (Fsp3) is 0.538. The molecular weight excluding hydrogens is 372 g/mol. The van der Waals surface area contributed by atoms with Crippen LogP contribution in [0.5, 0.6) is 0 Å². The van der Waals surface area contributed by atoms with Gasteiger partial charge in [-0.3, -0.25) is 4.90 Å². The van der Waals surface area contributed by atoms with Crippen molar-refractivity contribution in [3.05, 3.63) is 71.8 Å². The molecule has 2 saturated carbocycles. The Morgan fingerprint density at radius 1 is 0.700 bits per heavy atom. The third kappa shape index (κ3) is 8.57. The van der Waals surface area contributed by atoms with Crippen molar-refractivity contribution in [1.82, 2.24) is 4.90 Å². The Hall–Kier alpha value is -1.72. The van der Waals surface area contributed by atoms with Crippen LogP contribution in [0.25, 0.3) is 0 Å². The Kier molecular flexibility index (Phi) is 8.46. The van der Waals surface area contributed by atoms with Gasteiger partial charge in [-0.2, -0.15) is 0 Å². The molecule has 2 aromatic carbocycles. The van der Waals surface area contributed by atoms with Crippen molar-refractivity contribution in [2.24, 2.45) is 5.73 Å². The highest BCUT2D eigenvalue weighted by molar-refractivity contribution is 5.17. The molecule has 0 unspecified atom stereocenters. The molecule has 2 aliphatic carbocycles. The number of hydrogen-bond donors (Lipinski definition) is 3.